The van der Waals surface area contributed by atoms with Crippen LogP contribution in [-0.4, -0.2) is 39.1 Å². The molecule has 4 rings (SSSR count). The molecule has 0 aromatic carbocycles. The molecule has 0 saturated heterocycles. The monoisotopic (exact) mass is 538 g/mol. The Bertz CT molecular complexity index is 1090. The van der Waals surface area contributed by atoms with Crippen LogP contribution >= 0.6 is 0 Å². The number of rotatable bonds is 0. The summed E-state index contributed by atoms with van der Waals surface area (Å²) in [6, 6.07) is 3.99. The Kier molecular flexibility index (Phi) is 11.5. The van der Waals surface area contributed by atoms with Gasteiger partial charge in [-0.15, -0.1) is 0 Å². The van der Waals surface area contributed by atoms with Crippen molar-refractivity contribution in [3.05, 3.63) is 72.3 Å². The average Bonchev–Trinajstić information content (AvgIpc) is 3.55. The second-order valence-electron chi connectivity index (χ2n) is 14.0. The molecule has 0 spiro atoms. The second-order valence-corrected chi connectivity index (χ2v) is 14.0. The maximum atomic E-state index is 4.30. The third-order valence-electron chi connectivity index (χ3n) is 5.64. The Morgan fingerprint density at radius 2 is 1.21 bits per heavy atom. The van der Waals surface area contributed by atoms with Crippen molar-refractivity contribution in [1.29, 1.82) is 0 Å². The van der Waals surface area contributed by atoms with Crippen LogP contribution in [0.2, 0.25) is 0 Å². The molecule has 4 aromatic rings. The third kappa shape index (κ3) is 12.5. The van der Waals surface area contributed by atoms with Crippen LogP contribution in [0.1, 0.15) is 99.9 Å². The van der Waals surface area contributed by atoms with Gasteiger partial charge in [-0.25, -0.2) is 0 Å². The lowest BCUT2D eigenvalue weighted by Crippen LogP contribution is -2.21. The fraction of sp³-hybridized carbons (Fsp3) is 0.613. The summed E-state index contributed by atoms with van der Waals surface area (Å²) >= 11 is 0. The van der Waals surface area contributed by atoms with Gasteiger partial charge in [0, 0.05) is 50.5 Å². The zero-order valence-electron chi connectivity index (χ0n) is 27.3. The van der Waals surface area contributed by atoms with Gasteiger partial charge in [0.25, 0.3) is 0 Å². The van der Waals surface area contributed by atoms with Crippen molar-refractivity contribution in [2.75, 3.05) is 0 Å². The minimum Gasteiger partial charge on any atom is -0.276 e. The van der Waals surface area contributed by atoms with Gasteiger partial charge in [0.15, 0.2) is 0 Å². The first-order valence-electron chi connectivity index (χ1n) is 13.6. The zero-order valence-corrected chi connectivity index (χ0v) is 27.3. The van der Waals surface area contributed by atoms with Crippen molar-refractivity contribution >= 4 is 0 Å². The van der Waals surface area contributed by atoms with Crippen LogP contribution in [0.5, 0.6) is 0 Å². The van der Waals surface area contributed by atoms with Gasteiger partial charge in [-0.2, -0.15) is 20.4 Å². The zero-order chi connectivity index (χ0) is 30.2. The molecule has 8 heteroatoms. The molecule has 0 fully saturated rings. The van der Waals surface area contributed by atoms with Crippen LogP contribution < -0.4 is 0 Å². The minimum atomic E-state index is 0.119. The fourth-order valence-corrected chi connectivity index (χ4v) is 3.07. The molecule has 0 aliphatic carbocycles. The van der Waals surface area contributed by atoms with Gasteiger partial charge >= 0.3 is 0 Å². The highest BCUT2D eigenvalue weighted by Gasteiger charge is 2.16. The maximum absolute atomic E-state index is 4.30. The summed E-state index contributed by atoms with van der Waals surface area (Å²) < 4.78 is 7.58. The molecule has 0 bridgehead atoms. The number of hydrogen-bond donors (Lipinski definition) is 0. The van der Waals surface area contributed by atoms with Crippen LogP contribution in [0.3, 0.4) is 0 Å². The topological polar surface area (TPSA) is 71.3 Å². The Morgan fingerprint density at radius 3 is 1.41 bits per heavy atom. The van der Waals surface area contributed by atoms with E-state index >= 15 is 0 Å². The van der Waals surface area contributed by atoms with Crippen LogP contribution in [0.4, 0.5) is 0 Å². The molecule has 0 aliphatic heterocycles. The molecule has 8 nitrogen and oxygen atoms in total. The Labute approximate surface area is 237 Å². The van der Waals surface area contributed by atoms with E-state index in [4.69, 9.17) is 0 Å². The maximum Gasteiger partial charge on any atom is 0.0677 e. The summed E-state index contributed by atoms with van der Waals surface area (Å²) in [6.45, 7) is 27.9. The Hall–Kier alpha value is -3.16. The van der Waals surface area contributed by atoms with Gasteiger partial charge in [0.05, 0.1) is 29.2 Å². The molecule has 4 aromatic heterocycles. The summed E-state index contributed by atoms with van der Waals surface area (Å²) in [5.41, 5.74) is 4.31. The van der Waals surface area contributed by atoms with Crippen molar-refractivity contribution in [3.8, 4) is 0 Å². The molecule has 0 atom stereocenters. The first kappa shape index (κ1) is 33.9. The predicted molar refractivity (Wildman–Crippen MR) is 163 cm³/mol. The molecular formula is C31H54N8. The fourth-order valence-electron chi connectivity index (χ4n) is 3.07. The highest BCUT2D eigenvalue weighted by molar-refractivity contribution is 5.14. The van der Waals surface area contributed by atoms with Crippen LogP contribution in [0.25, 0.3) is 0 Å². The van der Waals surface area contributed by atoms with E-state index in [0.29, 0.717) is 0 Å². The minimum absolute atomic E-state index is 0.119. The average molecular weight is 539 g/mol. The van der Waals surface area contributed by atoms with Gasteiger partial charge in [0.1, 0.15) is 0 Å². The Morgan fingerprint density at radius 1 is 0.615 bits per heavy atom. The van der Waals surface area contributed by atoms with E-state index < -0.39 is 0 Å². The second kappa shape index (κ2) is 13.3. The Balaban J connectivity index is 0.000000260. The van der Waals surface area contributed by atoms with E-state index in [9.17, 15) is 0 Å². The summed E-state index contributed by atoms with van der Waals surface area (Å²) in [5.74, 6) is 0. The lowest BCUT2D eigenvalue weighted by molar-refractivity contribution is 0.355. The highest BCUT2D eigenvalue weighted by Crippen LogP contribution is 2.20. The van der Waals surface area contributed by atoms with E-state index in [1.807, 2.05) is 63.7 Å². The van der Waals surface area contributed by atoms with E-state index in [1.165, 1.54) is 11.1 Å². The molecule has 0 radical (unpaired) electrons. The van der Waals surface area contributed by atoms with Crippen molar-refractivity contribution < 1.29 is 0 Å². The standard InChI is InChI=1S/3C8H14N2.C7H12N2/c1-8(2,3)7-5-9-10(4)6-7;1-7-5-9-10(6-7)8(2,3)4;1-8(2,3)7-5-6-10(4)9-7;1-7(2,3)9-6-4-5-8-9/h3*5-6H,1-4H3;4-6H,1-3H3. The van der Waals surface area contributed by atoms with Crippen LogP contribution in [0, 0.1) is 6.92 Å². The molecule has 39 heavy (non-hydrogen) atoms. The molecule has 0 saturated carbocycles. The van der Waals surface area contributed by atoms with Crippen LogP contribution in [0.15, 0.2) is 55.5 Å². The van der Waals surface area contributed by atoms with E-state index in [2.05, 4.69) is 129 Å². The molecule has 0 unspecified atom stereocenters. The molecule has 0 N–H and O–H groups in total. The lowest BCUT2D eigenvalue weighted by Gasteiger charge is -2.18. The largest absolute Gasteiger partial charge is 0.276 e. The summed E-state index contributed by atoms with van der Waals surface area (Å²) in [4.78, 5) is 0. The van der Waals surface area contributed by atoms with E-state index in [0.717, 1.165) is 5.69 Å². The first-order valence-corrected chi connectivity index (χ1v) is 13.6. The first-order chi connectivity index (χ1) is 17.6. The summed E-state index contributed by atoms with van der Waals surface area (Å²) in [7, 11) is 3.88. The summed E-state index contributed by atoms with van der Waals surface area (Å²) in [5, 5.41) is 16.7. The van der Waals surface area contributed by atoms with Gasteiger partial charge < -0.3 is 0 Å². The van der Waals surface area contributed by atoms with Crippen LogP contribution in [-0.2, 0) is 36.0 Å². The number of aryl methyl sites for hydroxylation is 3. The third-order valence-corrected chi connectivity index (χ3v) is 5.64. The highest BCUT2D eigenvalue weighted by atomic mass is 15.3. The van der Waals surface area contributed by atoms with Gasteiger partial charge in [-0.3, -0.25) is 18.7 Å². The van der Waals surface area contributed by atoms with Gasteiger partial charge in [-0.1, -0.05) is 41.5 Å². The molecule has 0 amide bonds. The molecule has 4 heterocycles. The van der Waals surface area contributed by atoms with Crippen molar-refractivity contribution in [1.82, 2.24) is 39.1 Å². The molecule has 0 aliphatic rings. The van der Waals surface area contributed by atoms with Crippen molar-refractivity contribution in [3.63, 3.8) is 0 Å². The number of hydrogen-bond acceptors (Lipinski definition) is 4. The van der Waals surface area contributed by atoms with E-state index in [-0.39, 0.29) is 21.9 Å². The normalized spacial score (nSPS) is 12.0. The predicted octanol–water partition coefficient (Wildman–Crippen LogP) is 7.02. The molecule has 218 valence electrons. The quantitative estimate of drug-likeness (QED) is 0.241. The van der Waals surface area contributed by atoms with Gasteiger partial charge in [0.2, 0.25) is 0 Å². The lowest BCUT2D eigenvalue weighted by atomic mass is 9.90. The SMILES string of the molecule is CC(C)(C)n1cccn1.Cc1cnn(C(C)(C)C)c1.Cn1cc(C(C)(C)C)cn1.Cn1ccc(C(C)(C)C)n1. The number of aromatic nitrogens is 8. The van der Waals surface area contributed by atoms with Crippen molar-refractivity contribution in [2.24, 2.45) is 14.1 Å². The smallest absolute Gasteiger partial charge is 0.0677 e. The van der Waals surface area contributed by atoms with Gasteiger partial charge in [-0.05, 0) is 77.1 Å². The van der Waals surface area contributed by atoms with E-state index in [1.54, 1.807) is 6.20 Å². The molecular weight excluding hydrogens is 484 g/mol. The number of nitrogens with zero attached hydrogens (tertiary/aromatic N) is 8. The summed E-state index contributed by atoms with van der Waals surface area (Å²) in [6.07, 6.45) is 13.6. The van der Waals surface area contributed by atoms with Crippen molar-refractivity contribution in [2.45, 2.75) is 112 Å².